The number of piperidine rings is 1. The normalized spacial score (nSPS) is 18.8. The van der Waals surface area contributed by atoms with Crippen LogP contribution in [0.4, 0.5) is 11.4 Å². The number of fused-ring (bicyclic) bond motifs is 1. The third-order valence-corrected chi connectivity index (χ3v) is 4.72. The standard InChI is InChI=1S/C17H26ClN5/c1-11(2)5-6-20-14-9-22-17-15(14)16(13(18)8-21-17)23-7-3-4-12(19)10-23/h8-9,11-12,20H,3-7,10,19H2,1-2H3,(H,21,22)/t12-/m1/s1. The van der Waals surface area contributed by atoms with E-state index in [1.54, 1.807) is 6.20 Å². The van der Waals surface area contributed by atoms with Gasteiger partial charge in [-0.05, 0) is 25.2 Å². The summed E-state index contributed by atoms with van der Waals surface area (Å²) < 4.78 is 0. The first-order valence-electron chi connectivity index (χ1n) is 8.46. The van der Waals surface area contributed by atoms with Gasteiger partial charge in [-0.3, -0.25) is 0 Å². The molecule has 1 atom stereocenters. The Bertz CT molecular complexity index is 666. The molecule has 6 heteroatoms. The number of nitrogens with two attached hydrogens (primary N) is 1. The zero-order chi connectivity index (χ0) is 16.4. The average Bonchev–Trinajstić information content (AvgIpc) is 2.90. The Hall–Kier alpha value is -1.46. The molecular formula is C17H26ClN5. The van der Waals surface area contributed by atoms with Crippen molar-refractivity contribution in [3.05, 3.63) is 17.4 Å². The minimum Gasteiger partial charge on any atom is -0.383 e. The SMILES string of the molecule is CC(C)CCNc1c[nH]c2ncc(Cl)c(N3CCC[C@@H](N)C3)c12. The molecule has 0 aromatic carbocycles. The van der Waals surface area contributed by atoms with Crippen LogP contribution in [0.5, 0.6) is 0 Å². The van der Waals surface area contributed by atoms with Gasteiger partial charge in [-0.1, -0.05) is 25.4 Å². The molecule has 0 unspecified atom stereocenters. The fourth-order valence-corrected chi connectivity index (χ4v) is 3.48. The summed E-state index contributed by atoms with van der Waals surface area (Å²) in [6.07, 6.45) is 7.02. The van der Waals surface area contributed by atoms with Crippen LogP contribution >= 0.6 is 11.6 Å². The van der Waals surface area contributed by atoms with Crippen LogP contribution in [0, 0.1) is 5.92 Å². The van der Waals surface area contributed by atoms with Crippen LogP contribution in [0.25, 0.3) is 11.0 Å². The molecule has 1 saturated heterocycles. The van der Waals surface area contributed by atoms with Gasteiger partial charge in [0.25, 0.3) is 0 Å². The van der Waals surface area contributed by atoms with Gasteiger partial charge in [0.15, 0.2) is 0 Å². The van der Waals surface area contributed by atoms with Crippen LogP contribution in [0.3, 0.4) is 0 Å². The number of nitrogens with zero attached hydrogens (tertiary/aromatic N) is 2. The molecule has 0 spiro atoms. The number of halogens is 1. The first-order valence-corrected chi connectivity index (χ1v) is 8.84. The molecule has 4 N–H and O–H groups in total. The number of H-pyrrole nitrogens is 1. The average molecular weight is 336 g/mol. The number of aromatic amines is 1. The zero-order valence-electron chi connectivity index (χ0n) is 13.9. The van der Waals surface area contributed by atoms with E-state index in [9.17, 15) is 0 Å². The summed E-state index contributed by atoms with van der Waals surface area (Å²) in [7, 11) is 0. The molecule has 1 aliphatic heterocycles. The molecule has 23 heavy (non-hydrogen) atoms. The van der Waals surface area contributed by atoms with Gasteiger partial charge in [-0.15, -0.1) is 0 Å². The zero-order valence-corrected chi connectivity index (χ0v) is 14.7. The van der Waals surface area contributed by atoms with Gasteiger partial charge in [-0.2, -0.15) is 0 Å². The quantitative estimate of drug-likeness (QED) is 0.780. The molecule has 1 aliphatic rings. The molecule has 5 nitrogen and oxygen atoms in total. The second-order valence-electron chi connectivity index (χ2n) is 6.84. The number of aromatic nitrogens is 2. The highest BCUT2D eigenvalue weighted by Crippen LogP contribution is 2.38. The number of hydrogen-bond donors (Lipinski definition) is 3. The van der Waals surface area contributed by atoms with Gasteiger partial charge in [0.2, 0.25) is 0 Å². The van der Waals surface area contributed by atoms with Gasteiger partial charge in [0.05, 0.1) is 28.0 Å². The van der Waals surface area contributed by atoms with E-state index >= 15 is 0 Å². The first kappa shape index (κ1) is 16.4. The summed E-state index contributed by atoms with van der Waals surface area (Å²) in [6.45, 7) is 7.24. The Labute approximate surface area is 142 Å². The molecule has 0 amide bonds. The molecular weight excluding hydrogens is 310 g/mol. The summed E-state index contributed by atoms with van der Waals surface area (Å²) in [6, 6.07) is 0.208. The number of nitrogens with one attached hydrogen (secondary N) is 2. The van der Waals surface area contributed by atoms with E-state index in [0.717, 1.165) is 61.3 Å². The van der Waals surface area contributed by atoms with Gasteiger partial charge in [0, 0.05) is 31.9 Å². The van der Waals surface area contributed by atoms with Crippen molar-refractivity contribution in [2.45, 2.75) is 39.2 Å². The van der Waals surface area contributed by atoms with Crippen LogP contribution in [-0.4, -0.2) is 35.6 Å². The highest BCUT2D eigenvalue weighted by atomic mass is 35.5. The van der Waals surface area contributed by atoms with Crippen molar-refractivity contribution >= 4 is 34.0 Å². The summed E-state index contributed by atoms with van der Waals surface area (Å²) in [5.41, 5.74) is 9.16. The first-order chi connectivity index (χ1) is 11.1. The van der Waals surface area contributed by atoms with Crippen LogP contribution in [-0.2, 0) is 0 Å². The summed E-state index contributed by atoms with van der Waals surface area (Å²) in [5, 5.41) is 5.30. The molecule has 3 heterocycles. The number of anilines is 2. The van der Waals surface area contributed by atoms with Crippen molar-refractivity contribution in [3.8, 4) is 0 Å². The van der Waals surface area contributed by atoms with Crippen LogP contribution in [0.1, 0.15) is 33.1 Å². The maximum atomic E-state index is 6.51. The largest absolute Gasteiger partial charge is 0.383 e. The number of hydrogen-bond acceptors (Lipinski definition) is 4. The number of pyridine rings is 1. The summed E-state index contributed by atoms with van der Waals surface area (Å²) in [5.74, 6) is 0.675. The maximum Gasteiger partial charge on any atom is 0.141 e. The second-order valence-corrected chi connectivity index (χ2v) is 7.25. The minimum atomic E-state index is 0.208. The molecule has 2 aromatic rings. The minimum absolute atomic E-state index is 0.208. The summed E-state index contributed by atoms with van der Waals surface area (Å²) >= 11 is 6.51. The van der Waals surface area contributed by atoms with Crippen LogP contribution < -0.4 is 16.0 Å². The van der Waals surface area contributed by atoms with Crippen molar-refractivity contribution in [1.82, 2.24) is 9.97 Å². The van der Waals surface area contributed by atoms with Crippen LogP contribution in [0.15, 0.2) is 12.4 Å². The van der Waals surface area contributed by atoms with Gasteiger partial charge >= 0.3 is 0 Å². The van der Waals surface area contributed by atoms with E-state index in [4.69, 9.17) is 17.3 Å². The smallest absolute Gasteiger partial charge is 0.141 e. The molecule has 0 radical (unpaired) electrons. The highest BCUT2D eigenvalue weighted by Gasteiger charge is 2.23. The van der Waals surface area contributed by atoms with Gasteiger partial charge < -0.3 is 20.9 Å². The Morgan fingerprint density at radius 3 is 3.09 bits per heavy atom. The predicted molar refractivity (Wildman–Crippen MR) is 98.5 cm³/mol. The van der Waals surface area contributed by atoms with Crippen molar-refractivity contribution in [1.29, 1.82) is 0 Å². The van der Waals surface area contributed by atoms with E-state index in [1.165, 1.54) is 0 Å². The Morgan fingerprint density at radius 1 is 1.52 bits per heavy atom. The monoisotopic (exact) mass is 335 g/mol. The van der Waals surface area contributed by atoms with E-state index in [1.807, 2.05) is 6.20 Å². The Kier molecular flexibility index (Phi) is 4.97. The molecule has 0 aliphatic carbocycles. The van der Waals surface area contributed by atoms with Crippen LogP contribution in [0.2, 0.25) is 5.02 Å². The lowest BCUT2D eigenvalue weighted by molar-refractivity contribution is 0.507. The topological polar surface area (TPSA) is 70.0 Å². The molecule has 2 aromatic heterocycles. The second kappa shape index (κ2) is 6.97. The van der Waals surface area contributed by atoms with Crippen molar-refractivity contribution in [2.75, 3.05) is 29.9 Å². The maximum absolute atomic E-state index is 6.51. The molecule has 126 valence electrons. The molecule has 3 rings (SSSR count). The van der Waals surface area contributed by atoms with E-state index < -0.39 is 0 Å². The van der Waals surface area contributed by atoms with E-state index in [2.05, 4.69) is 34.0 Å². The molecule has 0 saturated carbocycles. The lowest BCUT2D eigenvalue weighted by Gasteiger charge is -2.33. The van der Waals surface area contributed by atoms with Gasteiger partial charge in [-0.25, -0.2) is 4.98 Å². The molecule has 1 fully saturated rings. The van der Waals surface area contributed by atoms with E-state index in [-0.39, 0.29) is 6.04 Å². The molecule has 0 bridgehead atoms. The fourth-order valence-electron chi connectivity index (χ4n) is 3.21. The fraction of sp³-hybridized carbons (Fsp3) is 0.588. The lowest BCUT2D eigenvalue weighted by Crippen LogP contribution is -2.43. The highest BCUT2D eigenvalue weighted by molar-refractivity contribution is 6.35. The van der Waals surface area contributed by atoms with Crippen molar-refractivity contribution in [2.24, 2.45) is 11.7 Å². The van der Waals surface area contributed by atoms with E-state index in [0.29, 0.717) is 10.9 Å². The predicted octanol–water partition coefficient (Wildman–Crippen LogP) is 3.60. The lowest BCUT2D eigenvalue weighted by atomic mass is 10.1. The Balaban J connectivity index is 1.95. The third kappa shape index (κ3) is 3.56. The summed E-state index contributed by atoms with van der Waals surface area (Å²) in [4.78, 5) is 10.00. The third-order valence-electron chi connectivity index (χ3n) is 4.44. The number of rotatable bonds is 5. The Morgan fingerprint density at radius 2 is 2.35 bits per heavy atom. The van der Waals surface area contributed by atoms with Crippen molar-refractivity contribution in [3.63, 3.8) is 0 Å². The van der Waals surface area contributed by atoms with Gasteiger partial charge in [0.1, 0.15) is 5.65 Å². The van der Waals surface area contributed by atoms with Crippen molar-refractivity contribution < 1.29 is 0 Å².